The van der Waals surface area contributed by atoms with Crippen molar-refractivity contribution in [2.75, 3.05) is 25.6 Å². The number of amides is 1. The first-order valence-electron chi connectivity index (χ1n) is 7.73. The molecule has 0 radical (unpaired) electrons. The van der Waals surface area contributed by atoms with Crippen LogP contribution in [0.4, 0.5) is 10.2 Å². The van der Waals surface area contributed by atoms with Gasteiger partial charge in [-0.25, -0.2) is 9.37 Å². The third-order valence-electron chi connectivity index (χ3n) is 3.97. The van der Waals surface area contributed by atoms with Gasteiger partial charge in [-0.15, -0.1) is 0 Å². The molecular weight excluding hydrogens is 311 g/mol. The predicted molar refractivity (Wildman–Crippen MR) is 87.8 cm³/mol. The molecule has 0 bridgehead atoms. The van der Waals surface area contributed by atoms with Crippen LogP contribution in [0.2, 0.25) is 0 Å². The minimum absolute atomic E-state index is 0.0155. The number of nitrogens with one attached hydrogen (secondary N) is 1. The Morgan fingerprint density at radius 2 is 2.25 bits per heavy atom. The highest BCUT2D eigenvalue weighted by Crippen LogP contribution is 2.28. The number of halogens is 1. The van der Waals surface area contributed by atoms with Gasteiger partial charge in [0.25, 0.3) is 5.91 Å². The fourth-order valence-electron chi connectivity index (χ4n) is 2.81. The standard InChI is InChI=1S/C17H19FN4O2/c1-11-7-12(21-8-15(11)24-6-4-18)9-22-10-14-13(17(22)23)3-5-20-16(14)19-2/h3,5,7-8H,4,6,9-10H2,1-2H3,(H,19,20). The van der Waals surface area contributed by atoms with Crippen molar-refractivity contribution < 1.29 is 13.9 Å². The monoisotopic (exact) mass is 330 g/mol. The molecule has 1 N–H and O–H groups in total. The highest BCUT2D eigenvalue weighted by molar-refractivity contribution is 5.99. The van der Waals surface area contributed by atoms with E-state index < -0.39 is 6.67 Å². The summed E-state index contributed by atoms with van der Waals surface area (Å²) >= 11 is 0. The molecule has 0 saturated carbocycles. The molecule has 1 aliphatic heterocycles. The maximum absolute atomic E-state index is 12.5. The van der Waals surface area contributed by atoms with Crippen molar-refractivity contribution in [2.24, 2.45) is 0 Å². The Balaban J connectivity index is 1.76. The molecule has 3 rings (SSSR count). The number of fused-ring (bicyclic) bond motifs is 1. The molecule has 2 aromatic heterocycles. The molecule has 0 aromatic carbocycles. The van der Waals surface area contributed by atoms with Crippen molar-refractivity contribution in [2.45, 2.75) is 20.0 Å². The van der Waals surface area contributed by atoms with Crippen LogP contribution in [-0.2, 0) is 13.1 Å². The van der Waals surface area contributed by atoms with Crippen LogP contribution >= 0.6 is 0 Å². The molecule has 6 nitrogen and oxygen atoms in total. The zero-order chi connectivity index (χ0) is 17.1. The van der Waals surface area contributed by atoms with Crippen molar-refractivity contribution in [3.05, 3.63) is 46.9 Å². The van der Waals surface area contributed by atoms with E-state index in [0.717, 1.165) is 22.6 Å². The largest absolute Gasteiger partial charge is 0.489 e. The summed E-state index contributed by atoms with van der Waals surface area (Å²) in [6.45, 7) is 2.26. The Morgan fingerprint density at radius 3 is 2.96 bits per heavy atom. The summed E-state index contributed by atoms with van der Waals surface area (Å²) < 4.78 is 17.5. The maximum Gasteiger partial charge on any atom is 0.255 e. The van der Waals surface area contributed by atoms with E-state index in [1.165, 1.54) is 0 Å². The molecule has 126 valence electrons. The smallest absolute Gasteiger partial charge is 0.255 e. The first kappa shape index (κ1) is 16.2. The molecule has 3 heterocycles. The van der Waals surface area contributed by atoms with Gasteiger partial charge in [0.1, 0.15) is 24.8 Å². The van der Waals surface area contributed by atoms with Gasteiger partial charge in [0.15, 0.2) is 0 Å². The Labute approximate surface area is 139 Å². The number of aryl methyl sites for hydroxylation is 1. The predicted octanol–water partition coefficient (Wildman–Crippen LogP) is 2.33. The molecule has 0 fully saturated rings. The van der Waals surface area contributed by atoms with Crippen LogP contribution in [0.1, 0.15) is 27.2 Å². The van der Waals surface area contributed by atoms with E-state index in [1.807, 2.05) is 13.0 Å². The van der Waals surface area contributed by atoms with E-state index in [-0.39, 0.29) is 12.5 Å². The first-order chi connectivity index (χ1) is 11.6. The van der Waals surface area contributed by atoms with Gasteiger partial charge in [-0.1, -0.05) is 0 Å². The van der Waals surface area contributed by atoms with E-state index in [1.54, 1.807) is 30.4 Å². The Morgan fingerprint density at radius 1 is 1.42 bits per heavy atom. The van der Waals surface area contributed by atoms with Crippen LogP contribution in [0.15, 0.2) is 24.5 Å². The minimum atomic E-state index is -0.538. The van der Waals surface area contributed by atoms with Gasteiger partial charge < -0.3 is 15.0 Å². The number of hydrogen-bond donors (Lipinski definition) is 1. The van der Waals surface area contributed by atoms with Gasteiger partial charge in [-0.2, -0.15) is 0 Å². The number of hydrogen-bond acceptors (Lipinski definition) is 5. The number of nitrogens with zero attached hydrogens (tertiary/aromatic N) is 3. The lowest BCUT2D eigenvalue weighted by Gasteiger charge is -2.16. The number of anilines is 1. The lowest BCUT2D eigenvalue weighted by molar-refractivity contribution is 0.0764. The van der Waals surface area contributed by atoms with Gasteiger partial charge >= 0.3 is 0 Å². The molecular formula is C17H19FN4O2. The molecule has 24 heavy (non-hydrogen) atoms. The van der Waals surface area contributed by atoms with Crippen molar-refractivity contribution in [3.8, 4) is 5.75 Å². The molecule has 1 aliphatic rings. The van der Waals surface area contributed by atoms with E-state index in [9.17, 15) is 9.18 Å². The Hall–Kier alpha value is -2.70. The van der Waals surface area contributed by atoms with Crippen molar-refractivity contribution in [1.82, 2.24) is 14.9 Å². The minimum Gasteiger partial charge on any atom is -0.489 e. The summed E-state index contributed by atoms with van der Waals surface area (Å²) in [5.41, 5.74) is 3.22. The van der Waals surface area contributed by atoms with E-state index >= 15 is 0 Å². The topological polar surface area (TPSA) is 67.3 Å². The molecule has 0 atom stereocenters. The van der Waals surface area contributed by atoms with Gasteiger partial charge in [0.05, 0.1) is 25.0 Å². The van der Waals surface area contributed by atoms with Crippen LogP contribution in [0.25, 0.3) is 0 Å². The quantitative estimate of drug-likeness (QED) is 0.880. The molecule has 1 amide bonds. The molecule has 0 saturated heterocycles. The van der Waals surface area contributed by atoms with E-state index in [4.69, 9.17) is 4.74 Å². The summed E-state index contributed by atoms with van der Waals surface area (Å²) in [6.07, 6.45) is 3.21. The first-order valence-corrected chi connectivity index (χ1v) is 7.73. The number of ether oxygens (including phenoxy) is 1. The third kappa shape index (κ3) is 3.02. The average Bonchev–Trinajstić information content (AvgIpc) is 2.90. The summed E-state index contributed by atoms with van der Waals surface area (Å²) in [7, 11) is 1.79. The van der Waals surface area contributed by atoms with E-state index in [0.29, 0.717) is 24.4 Å². The van der Waals surface area contributed by atoms with Crippen LogP contribution in [-0.4, -0.2) is 41.1 Å². The lowest BCUT2D eigenvalue weighted by atomic mass is 10.1. The van der Waals surface area contributed by atoms with Crippen molar-refractivity contribution in [3.63, 3.8) is 0 Å². The highest BCUT2D eigenvalue weighted by atomic mass is 19.1. The van der Waals surface area contributed by atoms with Gasteiger partial charge in [-0.05, 0) is 24.6 Å². The van der Waals surface area contributed by atoms with Gasteiger partial charge in [-0.3, -0.25) is 9.78 Å². The van der Waals surface area contributed by atoms with Gasteiger partial charge in [0, 0.05) is 24.4 Å². The highest BCUT2D eigenvalue weighted by Gasteiger charge is 2.30. The second kappa shape index (κ2) is 6.82. The summed E-state index contributed by atoms with van der Waals surface area (Å²) in [6, 6.07) is 3.60. The second-order valence-corrected chi connectivity index (χ2v) is 5.58. The average molecular weight is 330 g/mol. The Kier molecular flexibility index (Phi) is 4.59. The number of carbonyl (C=O) groups excluding carboxylic acids is 1. The normalized spacial score (nSPS) is 13.1. The lowest BCUT2D eigenvalue weighted by Crippen LogP contribution is -2.23. The molecule has 7 heteroatoms. The van der Waals surface area contributed by atoms with Crippen LogP contribution in [0, 0.1) is 6.92 Å². The van der Waals surface area contributed by atoms with Crippen LogP contribution in [0.3, 0.4) is 0 Å². The zero-order valence-corrected chi connectivity index (χ0v) is 13.7. The number of alkyl halides is 1. The number of rotatable bonds is 6. The number of carbonyl (C=O) groups is 1. The molecule has 2 aromatic rings. The van der Waals surface area contributed by atoms with Gasteiger partial charge in [0.2, 0.25) is 0 Å². The van der Waals surface area contributed by atoms with E-state index in [2.05, 4.69) is 15.3 Å². The second-order valence-electron chi connectivity index (χ2n) is 5.58. The molecule has 0 spiro atoms. The SMILES string of the molecule is CNc1nccc2c1CN(Cc1cc(C)c(OCCF)cn1)C2=O. The van der Waals surface area contributed by atoms with Crippen molar-refractivity contribution in [1.29, 1.82) is 0 Å². The van der Waals surface area contributed by atoms with Crippen molar-refractivity contribution >= 4 is 11.7 Å². The zero-order valence-electron chi connectivity index (χ0n) is 13.7. The van der Waals surface area contributed by atoms with Crippen LogP contribution in [0.5, 0.6) is 5.75 Å². The number of pyridine rings is 2. The summed E-state index contributed by atoms with van der Waals surface area (Å²) in [4.78, 5) is 22.8. The Bertz CT molecular complexity index is 766. The van der Waals surface area contributed by atoms with Crippen LogP contribution < -0.4 is 10.1 Å². The molecule has 0 unspecified atom stereocenters. The fraction of sp³-hybridized carbons (Fsp3) is 0.353. The number of aromatic nitrogens is 2. The third-order valence-corrected chi connectivity index (χ3v) is 3.97. The summed E-state index contributed by atoms with van der Waals surface area (Å²) in [5.74, 6) is 1.26. The fourth-order valence-corrected chi connectivity index (χ4v) is 2.81. The molecule has 0 aliphatic carbocycles. The summed E-state index contributed by atoms with van der Waals surface area (Å²) in [5, 5.41) is 3.02. The maximum atomic E-state index is 12.5.